The summed E-state index contributed by atoms with van der Waals surface area (Å²) in [4.78, 5) is 0. The second-order valence-corrected chi connectivity index (χ2v) is 12.8. The molecule has 2 saturated carbocycles. The minimum atomic E-state index is -0.958. The van der Waals surface area contributed by atoms with Gasteiger partial charge >= 0.3 is 0 Å². The largest absolute Gasteiger partial charge is 0.490 e. The number of hydrogen-bond donors (Lipinski definition) is 0. The molecule has 230 valence electrons. The second-order valence-electron chi connectivity index (χ2n) is 12.8. The SMILES string of the molecule is C/C=C/C1CCC(C2CCC(c3ccc(-c4ccc(-c5ccc(OCCCCCC)c(F)c5F)cc4)cc3F)CC2)CC1. The molecule has 0 unspecified atom stereocenters. The minimum absolute atomic E-state index is 0.0504. The highest BCUT2D eigenvalue weighted by atomic mass is 19.2. The van der Waals surface area contributed by atoms with Crippen LogP contribution in [0.2, 0.25) is 0 Å². The van der Waals surface area contributed by atoms with Gasteiger partial charge in [0.25, 0.3) is 0 Å². The second kappa shape index (κ2) is 15.1. The summed E-state index contributed by atoms with van der Waals surface area (Å²) in [5.41, 5.74) is 3.22. The van der Waals surface area contributed by atoms with E-state index in [0.29, 0.717) is 12.2 Å². The summed E-state index contributed by atoms with van der Waals surface area (Å²) in [6.07, 6.45) is 18.5. The third kappa shape index (κ3) is 7.75. The van der Waals surface area contributed by atoms with Crippen LogP contribution in [-0.4, -0.2) is 6.61 Å². The predicted molar refractivity (Wildman–Crippen MR) is 172 cm³/mol. The van der Waals surface area contributed by atoms with Crippen molar-refractivity contribution in [3.05, 3.63) is 89.8 Å². The maximum atomic E-state index is 15.4. The molecule has 3 aromatic rings. The van der Waals surface area contributed by atoms with Crippen LogP contribution in [0.15, 0.2) is 66.7 Å². The first-order chi connectivity index (χ1) is 21.0. The monoisotopic (exact) mass is 588 g/mol. The van der Waals surface area contributed by atoms with Crippen LogP contribution in [-0.2, 0) is 0 Å². The molecule has 0 aromatic heterocycles. The van der Waals surface area contributed by atoms with Crippen molar-refractivity contribution in [2.45, 2.75) is 96.8 Å². The van der Waals surface area contributed by atoms with E-state index >= 15 is 4.39 Å². The zero-order chi connectivity index (χ0) is 30.2. The van der Waals surface area contributed by atoms with Gasteiger partial charge in [-0.15, -0.1) is 0 Å². The van der Waals surface area contributed by atoms with E-state index in [1.807, 2.05) is 24.3 Å². The smallest absolute Gasteiger partial charge is 0.201 e. The number of hydrogen-bond acceptors (Lipinski definition) is 1. The molecule has 5 rings (SSSR count). The Hall–Kier alpha value is -3.01. The van der Waals surface area contributed by atoms with Crippen LogP contribution in [0.4, 0.5) is 13.2 Å². The molecule has 0 saturated heterocycles. The molecule has 0 radical (unpaired) electrons. The molecular weight excluding hydrogens is 541 g/mol. The first kappa shape index (κ1) is 31.4. The van der Waals surface area contributed by atoms with Gasteiger partial charge in [-0.3, -0.25) is 0 Å². The minimum Gasteiger partial charge on any atom is -0.490 e. The van der Waals surface area contributed by atoms with Crippen LogP contribution in [0, 0.1) is 35.2 Å². The highest BCUT2D eigenvalue weighted by Gasteiger charge is 2.31. The van der Waals surface area contributed by atoms with Crippen LogP contribution >= 0.6 is 0 Å². The average molecular weight is 589 g/mol. The van der Waals surface area contributed by atoms with Gasteiger partial charge in [-0.1, -0.05) is 74.7 Å². The van der Waals surface area contributed by atoms with Crippen LogP contribution < -0.4 is 4.74 Å². The molecule has 4 heteroatoms. The summed E-state index contributed by atoms with van der Waals surface area (Å²) in [5.74, 6) is 0.622. The van der Waals surface area contributed by atoms with Gasteiger partial charge in [-0.05, 0) is 129 Å². The Bertz CT molecular complexity index is 1350. The van der Waals surface area contributed by atoms with Gasteiger partial charge in [0, 0.05) is 5.56 Å². The molecule has 0 atom stereocenters. The average Bonchev–Trinajstić information content (AvgIpc) is 3.04. The quantitative estimate of drug-likeness (QED) is 0.160. The standard InChI is InChI=1S/C39H47F3O/c1-3-5-6-7-25-43-37-24-23-35(38(41)39(37)42)32-19-15-30(16-20-32)33-21-22-34(36(40)26-33)31-17-13-29(14-18-31)28-11-9-27(8-4-2)10-12-28/h4,8,15-16,19-24,26-29,31H,3,5-7,9-14,17-18,25H2,1-2H3/b8-4+. The Labute approximate surface area is 256 Å². The number of rotatable bonds is 11. The summed E-state index contributed by atoms with van der Waals surface area (Å²) in [6, 6.07) is 15.9. The van der Waals surface area contributed by atoms with Gasteiger partial charge in [0.1, 0.15) is 5.82 Å². The van der Waals surface area contributed by atoms with Gasteiger partial charge in [-0.2, -0.15) is 4.39 Å². The Morgan fingerprint density at radius 2 is 1.35 bits per heavy atom. The molecule has 0 aliphatic heterocycles. The molecule has 0 bridgehead atoms. The number of ether oxygens (including phenoxy) is 1. The lowest BCUT2D eigenvalue weighted by atomic mass is 9.68. The van der Waals surface area contributed by atoms with Gasteiger partial charge in [0.2, 0.25) is 5.82 Å². The number of unbranched alkanes of at least 4 members (excludes halogenated alkanes) is 3. The van der Waals surface area contributed by atoms with Crippen LogP contribution in [0.3, 0.4) is 0 Å². The molecule has 0 N–H and O–H groups in total. The van der Waals surface area contributed by atoms with Gasteiger partial charge in [0.05, 0.1) is 6.61 Å². The van der Waals surface area contributed by atoms with Crippen LogP contribution in [0.5, 0.6) is 5.75 Å². The van der Waals surface area contributed by atoms with Crippen molar-refractivity contribution in [2.75, 3.05) is 6.61 Å². The third-order valence-corrected chi connectivity index (χ3v) is 9.99. The van der Waals surface area contributed by atoms with Gasteiger partial charge in [0.15, 0.2) is 11.6 Å². The van der Waals surface area contributed by atoms with Crippen molar-refractivity contribution in [1.29, 1.82) is 0 Å². The lowest BCUT2D eigenvalue weighted by Crippen LogP contribution is -2.25. The Morgan fingerprint density at radius 1 is 0.698 bits per heavy atom. The number of halogens is 3. The van der Waals surface area contributed by atoms with Gasteiger partial charge in [-0.25, -0.2) is 8.78 Å². The molecule has 2 aliphatic rings. The van der Waals surface area contributed by atoms with E-state index in [2.05, 4.69) is 26.0 Å². The molecule has 43 heavy (non-hydrogen) atoms. The van der Waals surface area contributed by atoms with Crippen molar-refractivity contribution < 1.29 is 17.9 Å². The molecule has 0 spiro atoms. The third-order valence-electron chi connectivity index (χ3n) is 9.99. The first-order valence-corrected chi connectivity index (χ1v) is 16.6. The molecule has 2 aliphatic carbocycles. The number of benzene rings is 3. The fourth-order valence-electron chi connectivity index (χ4n) is 7.44. The van der Waals surface area contributed by atoms with Crippen LogP contribution in [0.1, 0.15) is 102 Å². The topological polar surface area (TPSA) is 9.23 Å². The fourth-order valence-corrected chi connectivity index (χ4v) is 7.44. The molecule has 3 aromatic carbocycles. The molecule has 0 heterocycles. The lowest BCUT2D eigenvalue weighted by Gasteiger charge is -2.37. The normalized spacial score (nSPS) is 22.6. The Morgan fingerprint density at radius 3 is 2.00 bits per heavy atom. The van der Waals surface area contributed by atoms with E-state index in [9.17, 15) is 8.78 Å². The van der Waals surface area contributed by atoms with Crippen LogP contribution in [0.25, 0.3) is 22.3 Å². The van der Waals surface area contributed by atoms with Crippen molar-refractivity contribution in [3.8, 4) is 28.0 Å². The Kier molecular flexibility index (Phi) is 11.1. The van der Waals surface area contributed by atoms with Crippen molar-refractivity contribution in [2.24, 2.45) is 17.8 Å². The molecule has 1 nitrogen and oxygen atoms in total. The fraction of sp³-hybridized carbons (Fsp3) is 0.487. The summed E-state index contributed by atoms with van der Waals surface area (Å²) in [6.45, 7) is 4.62. The van der Waals surface area contributed by atoms with E-state index in [0.717, 1.165) is 73.0 Å². The van der Waals surface area contributed by atoms with Crippen molar-refractivity contribution in [1.82, 2.24) is 0 Å². The number of allylic oxidation sites excluding steroid dienone is 2. The lowest BCUT2D eigenvalue weighted by molar-refractivity contribution is 0.171. The summed E-state index contributed by atoms with van der Waals surface area (Å²) < 4.78 is 50.6. The predicted octanol–water partition coefficient (Wildman–Crippen LogP) is 12.1. The highest BCUT2D eigenvalue weighted by Crippen LogP contribution is 2.45. The van der Waals surface area contributed by atoms with E-state index < -0.39 is 11.6 Å². The first-order valence-electron chi connectivity index (χ1n) is 16.6. The molecular formula is C39H47F3O. The van der Waals surface area contributed by atoms with E-state index in [4.69, 9.17) is 4.74 Å². The zero-order valence-electron chi connectivity index (χ0n) is 25.9. The van der Waals surface area contributed by atoms with Crippen molar-refractivity contribution >= 4 is 0 Å². The van der Waals surface area contributed by atoms with Gasteiger partial charge < -0.3 is 4.74 Å². The molecule has 2 fully saturated rings. The summed E-state index contributed by atoms with van der Waals surface area (Å²) in [7, 11) is 0. The molecule has 0 amide bonds. The highest BCUT2D eigenvalue weighted by molar-refractivity contribution is 5.71. The zero-order valence-corrected chi connectivity index (χ0v) is 25.9. The maximum Gasteiger partial charge on any atom is 0.201 e. The van der Waals surface area contributed by atoms with E-state index in [1.165, 1.54) is 44.6 Å². The Balaban J connectivity index is 1.18. The summed E-state index contributed by atoms with van der Waals surface area (Å²) >= 11 is 0. The van der Waals surface area contributed by atoms with Crippen molar-refractivity contribution in [3.63, 3.8) is 0 Å². The van der Waals surface area contributed by atoms with E-state index in [1.54, 1.807) is 24.3 Å². The maximum absolute atomic E-state index is 15.4. The van der Waals surface area contributed by atoms with E-state index in [-0.39, 0.29) is 23.0 Å². The summed E-state index contributed by atoms with van der Waals surface area (Å²) in [5, 5.41) is 0.